The van der Waals surface area contributed by atoms with E-state index in [1.807, 2.05) is 24.8 Å². The number of nitrogens with zero attached hydrogens (tertiary/aromatic N) is 2. The van der Waals surface area contributed by atoms with E-state index in [-0.39, 0.29) is 0 Å². The summed E-state index contributed by atoms with van der Waals surface area (Å²) in [6.45, 7) is 5.05. The first-order chi connectivity index (χ1) is 8.74. The second-order valence-corrected chi connectivity index (χ2v) is 5.89. The summed E-state index contributed by atoms with van der Waals surface area (Å²) in [6.07, 6.45) is 2.11. The summed E-state index contributed by atoms with van der Waals surface area (Å²) in [5.41, 5.74) is 1.00. The Kier molecular flexibility index (Phi) is 4.66. The molecule has 2 aromatic rings. The molecule has 0 aliphatic carbocycles. The molecule has 0 saturated heterocycles. The van der Waals surface area contributed by atoms with Crippen LogP contribution in [-0.2, 0) is 0 Å². The second kappa shape index (κ2) is 6.24. The van der Waals surface area contributed by atoms with Gasteiger partial charge in [-0.05, 0) is 31.5 Å². The molecule has 1 unspecified atom stereocenters. The maximum Gasteiger partial charge on any atom is 0.225 e. The van der Waals surface area contributed by atoms with Gasteiger partial charge in [0.1, 0.15) is 5.82 Å². The lowest BCUT2D eigenvalue weighted by Crippen LogP contribution is -2.19. The lowest BCUT2D eigenvalue weighted by molar-refractivity contribution is 0.904. The molecule has 0 aliphatic heterocycles. The summed E-state index contributed by atoms with van der Waals surface area (Å²) in [4.78, 5) is 9.03. The van der Waals surface area contributed by atoms with Crippen LogP contribution in [-0.4, -0.2) is 34.6 Å². The van der Waals surface area contributed by atoms with E-state index in [1.54, 1.807) is 11.3 Å². The van der Waals surface area contributed by atoms with Crippen molar-refractivity contribution in [3.63, 3.8) is 0 Å². The van der Waals surface area contributed by atoms with Crippen molar-refractivity contribution in [2.75, 3.05) is 29.2 Å². The van der Waals surface area contributed by atoms with Gasteiger partial charge < -0.3 is 10.6 Å². The predicted octanol–water partition coefficient (Wildman–Crippen LogP) is 3.29. The monoisotopic (exact) mass is 282 g/mol. The summed E-state index contributed by atoms with van der Waals surface area (Å²) >= 11 is 3.51. The number of aromatic nitrogens is 2. The average Bonchev–Trinajstić information content (AvgIpc) is 2.78. The number of anilines is 2. The van der Waals surface area contributed by atoms with E-state index in [0.717, 1.165) is 28.3 Å². The smallest absolute Gasteiger partial charge is 0.225 e. The minimum absolute atomic E-state index is 0.398. The van der Waals surface area contributed by atoms with E-state index in [4.69, 9.17) is 0 Å². The molecule has 2 aromatic heterocycles. The first kappa shape index (κ1) is 13.4. The molecule has 0 saturated carbocycles. The van der Waals surface area contributed by atoms with Gasteiger partial charge in [0.25, 0.3) is 0 Å². The fraction of sp³-hybridized carbons (Fsp3) is 0.500. The van der Waals surface area contributed by atoms with Crippen LogP contribution in [0, 0.1) is 0 Å². The first-order valence-corrected chi connectivity index (χ1v) is 8.26. The molecular formula is C12H18N4S2. The molecular weight excluding hydrogens is 264 g/mol. The third-order valence-corrected chi connectivity index (χ3v) is 4.18. The largest absolute Gasteiger partial charge is 0.365 e. The number of thiophene rings is 1. The maximum atomic E-state index is 4.55. The average molecular weight is 282 g/mol. The molecule has 1 atom stereocenters. The Bertz CT molecular complexity index is 512. The van der Waals surface area contributed by atoms with Crippen molar-refractivity contribution in [2.45, 2.75) is 19.9 Å². The Labute approximate surface area is 116 Å². The van der Waals surface area contributed by atoms with Crippen molar-refractivity contribution in [2.24, 2.45) is 0 Å². The molecule has 0 fully saturated rings. The van der Waals surface area contributed by atoms with E-state index in [9.17, 15) is 0 Å². The predicted molar refractivity (Wildman–Crippen MR) is 83.0 cm³/mol. The van der Waals surface area contributed by atoms with E-state index in [2.05, 4.69) is 39.2 Å². The van der Waals surface area contributed by atoms with Gasteiger partial charge in [-0.25, -0.2) is 4.98 Å². The Morgan fingerprint density at radius 2 is 2.28 bits per heavy atom. The van der Waals surface area contributed by atoms with Gasteiger partial charge in [-0.2, -0.15) is 16.7 Å². The molecule has 2 rings (SSSR count). The normalized spacial score (nSPS) is 12.6. The van der Waals surface area contributed by atoms with E-state index in [1.165, 1.54) is 0 Å². The molecule has 0 bridgehead atoms. The zero-order valence-electron chi connectivity index (χ0n) is 10.9. The second-order valence-electron chi connectivity index (χ2n) is 4.06. The quantitative estimate of drug-likeness (QED) is 0.851. The van der Waals surface area contributed by atoms with E-state index in [0.29, 0.717) is 12.0 Å². The van der Waals surface area contributed by atoms with Crippen molar-refractivity contribution in [3.05, 3.63) is 11.4 Å². The number of nitrogens with one attached hydrogen (secondary N) is 2. The van der Waals surface area contributed by atoms with Crippen LogP contribution in [0.3, 0.4) is 0 Å². The lowest BCUT2D eigenvalue weighted by Gasteiger charge is -2.14. The highest BCUT2D eigenvalue weighted by Gasteiger charge is 2.10. The van der Waals surface area contributed by atoms with Gasteiger partial charge in [-0.3, -0.25) is 0 Å². The molecule has 2 N–H and O–H groups in total. The van der Waals surface area contributed by atoms with Gasteiger partial charge in [0.15, 0.2) is 0 Å². The number of hydrogen-bond acceptors (Lipinski definition) is 6. The molecule has 2 heterocycles. The third-order valence-electron chi connectivity index (χ3n) is 2.44. The topological polar surface area (TPSA) is 49.8 Å². The zero-order valence-corrected chi connectivity index (χ0v) is 12.5. The molecule has 4 nitrogen and oxygen atoms in total. The fourth-order valence-electron chi connectivity index (χ4n) is 1.72. The van der Waals surface area contributed by atoms with Gasteiger partial charge in [-0.1, -0.05) is 0 Å². The van der Waals surface area contributed by atoms with Gasteiger partial charge in [0.2, 0.25) is 5.95 Å². The number of fused-ring (bicyclic) bond motifs is 1. The van der Waals surface area contributed by atoms with Crippen molar-refractivity contribution in [1.29, 1.82) is 0 Å². The van der Waals surface area contributed by atoms with Crippen LogP contribution < -0.4 is 10.6 Å². The summed E-state index contributed by atoms with van der Waals surface area (Å²) in [6, 6.07) is 2.43. The van der Waals surface area contributed by atoms with E-state index < -0.39 is 0 Å². The highest BCUT2D eigenvalue weighted by molar-refractivity contribution is 7.98. The molecule has 98 valence electrons. The summed E-state index contributed by atoms with van der Waals surface area (Å²) < 4.78 is 1.13. The summed E-state index contributed by atoms with van der Waals surface area (Å²) in [5, 5.41) is 8.70. The van der Waals surface area contributed by atoms with Crippen LogP contribution in [0.4, 0.5) is 11.8 Å². The van der Waals surface area contributed by atoms with Crippen LogP contribution in [0.1, 0.15) is 13.8 Å². The maximum absolute atomic E-state index is 4.55. The van der Waals surface area contributed by atoms with Gasteiger partial charge in [0.05, 0.1) is 10.2 Å². The number of hydrogen-bond donors (Lipinski definition) is 2. The Morgan fingerprint density at radius 1 is 1.44 bits per heavy atom. The minimum atomic E-state index is 0.398. The lowest BCUT2D eigenvalue weighted by atomic mass is 10.3. The standard InChI is InChI=1S/C12H18N4S2/c1-4-13-12-15-9-5-6-18-10(9)11(16-12)14-8(2)7-17-3/h5-6,8H,4,7H2,1-3H3,(H2,13,14,15,16). The van der Waals surface area contributed by atoms with Crippen LogP contribution in [0.15, 0.2) is 11.4 Å². The molecule has 0 radical (unpaired) electrons. The molecule has 18 heavy (non-hydrogen) atoms. The number of thioether (sulfide) groups is 1. The molecule has 6 heteroatoms. The van der Waals surface area contributed by atoms with Crippen molar-refractivity contribution >= 4 is 45.1 Å². The van der Waals surface area contributed by atoms with Gasteiger partial charge in [0, 0.05) is 18.3 Å². The first-order valence-electron chi connectivity index (χ1n) is 5.99. The highest BCUT2D eigenvalue weighted by atomic mass is 32.2. The van der Waals surface area contributed by atoms with Crippen LogP contribution in [0.2, 0.25) is 0 Å². The van der Waals surface area contributed by atoms with Crippen molar-refractivity contribution in [1.82, 2.24) is 9.97 Å². The van der Waals surface area contributed by atoms with Crippen LogP contribution in [0.25, 0.3) is 10.2 Å². The van der Waals surface area contributed by atoms with Crippen LogP contribution in [0.5, 0.6) is 0 Å². The Balaban J connectivity index is 2.31. The third kappa shape index (κ3) is 3.05. The molecule has 0 amide bonds. The van der Waals surface area contributed by atoms with E-state index >= 15 is 0 Å². The Hall–Kier alpha value is -1.01. The van der Waals surface area contributed by atoms with Crippen molar-refractivity contribution in [3.8, 4) is 0 Å². The minimum Gasteiger partial charge on any atom is -0.365 e. The highest BCUT2D eigenvalue weighted by Crippen LogP contribution is 2.27. The summed E-state index contributed by atoms with van der Waals surface area (Å²) in [5.74, 6) is 2.70. The fourth-order valence-corrected chi connectivity index (χ4v) is 3.09. The zero-order chi connectivity index (χ0) is 13.0. The van der Waals surface area contributed by atoms with Gasteiger partial charge >= 0.3 is 0 Å². The molecule has 0 spiro atoms. The van der Waals surface area contributed by atoms with Crippen molar-refractivity contribution < 1.29 is 0 Å². The van der Waals surface area contributed by atoms with Gasteiger partial charge in [-0.15, -0.1) is 11.3 Å². The summed E-state index contributed by atoms with van der Waals surface area (Å²) in [7, 11) is 0. The number of rotatable bonds is 6. The SMILES string of the molecule is CCNc1nc(NC(C)CSC)c2sccc2n1. The molecule has 0 aromatic carbocycles. The molecule has 0 aliphatic rings. The van der Waals surface area contributed by atoms with Crippen LogP contribution >= 0.6 is 23.1 Å². The Morgan fingerprint density at radius 3 is 3.00 bits per heavy atom.